The molecule has 1 N–H and O–H groups in total. The van der Waals surface area contributed by atoms with Gasteiger partial charge in [-0.15, -0.1) is 11.3 Å². The number of nitrogens with zero attached hydrogens (tertiary/aromatic N) is 2. The molecule has 2 aromatic heterocycles. The van der Waals surface area contributed by atoms with Gasteiger partial charge in [-0.2, -0.15) is 0 Å². The van der Waals surface area contributed by atoms with Crippen molar-refractivity contribution in [2.24, 2.45) is 0 Å². The molecular formula is C26H25N3O4S. The Balaban J connectivity index is 1.61. The van der Waals surface area contributed by atoms with Crippen molar-refractivity contribution < 1.29 is 14.3 Å². The average Bonchev–Trinajstić information content (AvgIpc) is 3.14. The molecule has 0 fully saturated rings. The number of hydrogen-bond donors (Lipinski definition) is 1. The number of aryl methyl sites for hydroxylation is 3. The first-order valence-corrected chi connectivity index (χ1v) is 11.7. The van der Waals surface area contributed by atoms with Crippen LogP contribution in [0.3, 0.4) is 0 Å². The van der Waals surface area contributed by atoms with E-state index < -0.39 is 5.97 Å². The molecule has 0 aliphatic rings. The third kappa shape index (κ3) is 4.63. The Labute approximate surface area is 201 Å². The first-order chi connectivity index (χ1) is 16.3. The molecular weight excluding hydrogens is 450 g/mol. The molecule has 0 aliphatic carbocycles. The van der Waals surface area contributed by atoms with Crippen LogP contribution in [-0.4, -0.2) is 28.0 Å². The molecule has 2 aromatic carbocycles. The summed E-state index contributed by atoms with van der Waals surface area (Å²) in [6.45, 7) is 7.88. The van der Waals surface area contributed by atoms with Gasteiger partial charge in [-0.3, -0.25) is 14.2 Å². The largest absolute Gasteiger partial charge is 0.462 e. The summed E-state index contributed by atoms with van der Waals surface area (Å²) in [7, 11) is 0. The van der Waals surface area contributed by atoms with Crippen LogP contribution in [0.4, 0.5) is 5.69 Å². The number of ether oxygens (including phenoxy) is 1. The summed E-state index contributed by atoms with van der Waals surface area (Å²) in [4.78, 5) is 44.0. The Bertz CT molecular complexity index is 1450. The number of nitrogens with one attached hydrogen (secondary N) is 1. The third-order valence-electron chi connectivity index (χ3n) is 5.51. The highest BCUT2D eigenvalue weighted by molar-refractivity contribution is 7.19. The number of fused-ring (bicyclic) bond motifs is 1. The number of amides is 1. The van der Waals surface area contributed by atoms with E-state index in [0.29, 0.717) is 28.1 Å². The summed E-state index contributed by atoms with van der Waals surface area (Å²) in [5.74, 6) is -0.788. The summed E-state index contributed by atoms with van der Waals surface area (Å²) in [5, 5.41) is 3.29. The lowest BCUT2D eigenvalue weighted by Crippen LogP contribution is -2.27. The molecule has 1 amide bonds. The van der Waals surface area contributed by atoms with E-state index in [1.807, 2.05) is 32.9 Å². The van der Waals surface area contributed by atoms with Crippen LogP contribution in [0.25, 0.3) is 21.3 Å². The summed E-state index contributed by atoms with van der Waals surface area (Å²) < 4.78 is 6.29. The molecule has 8 heteroatoms. The van der Waals surface area contributed by atoms with Gasteiger partial charge in [0.1, 0.15) is 11.4 Å². The van der Waals surface area contributed by atoms with Crippen LogP contribution in [0.15, 0.2) is 53.6 Å². The van der Waals surface area contributed by atoms with E-state index in [9.17, 15) is 14.4 Å². The van der Waals surface area contributed by atoms with Crippen LogP contribution in [0, 0.1) is 20.8 Å². The van der Waals surface area contributed by atoms with Gasteiger partial charge >= 0.3 is 5.97 Å². The Kier molecular flexibility index (Phi) is 6.61. The van der Waals surface area contributed by atoms with Gasteiger partial charge in [-0.1, -0.05) is 23.8 Å². The molecule has 174 valence electrons. The highest BCUT2D eigenvalue weighted by Gasteiger charge is 2.19. The number of esters is 1. The standard InChI is InChI=1S/C26H25N3O4S/c1-5-33-26(32)18-8-10-19(11-9-18)28-21(30)13-29-14-27-24-23(25(29)31)22(17(4)34-24)20-12-15(2)6-7-16(20)3/h6-12,14H,5,13H2,1-4H3,(H,28,30). The monoisotopic (exact) mass is 475 g/mol. The van der Waals surface area contributed by atoms with Crippen molar-refractivity contribution in [1.82, 2.24) is 9.55 Å². The predicted octanol–water partition coefficient (Wildman–Crippen LogP) is 4.87. The van der Waals surface area contributed by atoms with Crippen LogP contribution in [0.1, 0.15) is 33.3 Å². The van der Waals surface area contributed by atoms with Gasteiger partial charge in [0.25, 0.3) is 5.56 Å². The highest BCUT2D eigenvalue weighted by atomic mass is 32.1. The minimum Gasteiger partial charge on any atom is -0.462 e. The summed E-state index contributed by atoms with van der Waals surface area (Å²) in [6.07, 6.45) is 1.41. The highest BCUT2D eigenvalue weighted by Crippen LogP contribution is 2.37. The van der Waals surface area contributed by atoms with Crippen molar-refractivity contribution in [3.8, 4) is 11.1 Å². The molecule has 7 nitrogen and oxygen atoms in total. The van der Waals surface area contributed by atoms with Crippen LogP contribution >= 0.6 is 11.3 Å². The quantitative estimate of drug-likeness (QED) is 0.402. The summed E-state index contributed by atoms with van der Waals surface area (Å²) >= 11 is 1.48. The molecule has 34 heavy (non-hydrogen) atoms. The van der Waals surface area contributed by atoms with E-state index in [1.54, 1.807) is 31.2 Å². The molecule has 0 atom stereocenters. The van der Waals surface area contributed by atoms with Crippen LogP contribution in [0.2, 0.25) is 0 Å². The van der Waals surface area contributed by atoms with Crippen molar-refractivity contribution in [3.05, 3.63) is 80.7 Å². The van der Waals surface area contributed by atoms with Gasteiger partial charge in [0.15, 0.2) is 0 Å². The Morgan fingerprint density at radius 1 is 1.09 bits per heavy atom. The zero-order chi connectivity index (χ0) is 24.4. The number of carbonyl (C=O) groups excluding carboxylic acids is 2. The Hall–Kier alpha value is -3.78. The molecule has 0 unspecified atom stereocenters. The number of thiophene rings is 1. The number of anilines is 1. The maximum absolute atomic E-state index is 13.4. The van der Waals surface area contributed by atoms with Crippen LogP contribution in [-0.2, 0) is 16.1 Å². The molecule has 4 rings (SSSR count). The number of aromatic nitrogens is 2. The van der Waals surface area contributed by atoms with Crippen molar-refractivity contribution in [3.63, 3.8) is 0 Å². The molecule has 0 aliphatic heterocycles. The number of carbonyl (C=O) groups is 2. The Morgan fingerprint density at radius 2 is 1.82 bits per heavy atom. The lowest BCUT2D eigenvalue weighted by Gasteiger charge is -2.10. The molecule has 0 bridgehead atoms. The minimum absolute atomic E-state index is 0.178. The van der Waals surface area contributed by atoms with Gasteiger partial charge in [0, 0.05) is 16.1 Å². The zero-order valence-electron chi connectivity index (χ0n) is 19.5. The van der Waals surface area contributed by atoms with E-state index in [-0.39, 0.29) is 18.0 Å². The topological polar surface area (TPSA) is 90.3 Å². The molecule has 4 aromatic rings. The molecule has 0 saturated heterocycles. The SMILES string of the molecule is CCOC(=O)c1ccc(NC(=O)Cn2cnc3sc(C)c(-c4cc(C)ccc4C)c3c2=O)cc1. The first kappa shape index (κ1) is 23.4. The van der Waals surface area contributed by atoms with Crippen molar-refractivity contribution >= 4 is 39.1 Å². The lowest BCUT2D eigenvalue weighted by atomic mass is 9.97. The average molecular weight is 476 g/mol. The second kappa shape index (κ2) is 9.61. The van der Waals surface area contributed by atoms with E-state index in [0.717, 1.165) is 27.1 Å². The zero-order valence-corrected chi connectivity index (χ0v) is 20.3. The van der Waals surface area contributed by atoms with E-state index in [4.69, 9.17) is 4.74 Å². The predicted molar refractivity (Wildman–Crippen MR) is 135 cm³/mol. The van der Waals surface area contributed by atoms with Gasteiger partial charge < -0.3 is 10.1 Å². The second-order valence-electron chi connectivity index (χ2n) is 8.06. The second-order valence-corrected chi connectivity index (χ2v) is 9.26. The van der Waals surface area contributed by atoms with Crippen LogP contribution < -0.4 is 10.9 Å². The maximum Gasteiger partial charge on any atom is 0.338 e. The van der Waals surface area contributed by atoms with E-state index in [1.165, 1.54) is 22.2 Å². The van der Waals surface area contributed by atoms with Crippen molar-refractivity contribution in [1.29, 1.82) is 0 Å². The normalized spacial score (nSPS) is 10.9. The lowest BCUT2D eigenvalue weighted by molar-refractivity contribution is -0.116. The molecule has 0 saturated carbocycles. The van der Waals surface area contributed by atoms with Gasteiger partial charge in [-0.25, -0.2) is 9.78 Å². The van der Waals surface area contributed by atoms with E-state index in [2.05, 4.69) is 16.4 Å². The number of benzene rings is 2. The smallest absolute Gasteiger partial charge is 0.338 e. The fourth-order valence-electron chi connectivity index (χ4n) is 3.84. The minimum atomic E-state index is -0.419. The van der Waals surface area contributed by atoms with Gasteiger partial charge in [-0.05, 0) is 63.1 Å². The van der Waals surface area contributed by atoms with Gasteiger partial charge in [0.05, 0.1) is 23.9 Å². The van der Waals surface area contributed by atoms with Crippen LogP contribution in [0.5, 0.6) is 0 Å². The summed E-state index contributed by atoms with van der Waals surface area (Å²) in [6, 6.07) is 12.6. The fraction of sp³-hybridized carbons (Fsp3) is 0.231. The van der Waals surface area contributed by atoms with Gasteiger partial charge in [0.2, 0.25) is 5.91 Å². The Morgan fingerprint density at radius 3 is 2.53 bits per heavy atom. The first-order valence-electron chi connectivity index (χ1n) is 10.9. The van der Waals surface area contributed by atoms with E-state index >= 15 is 0 Å². The maximum atomic E-state index is 13.4. The summed E-state index contributed by atoms with van der Waals surface area (Å²) in [5.41, 5.74) is 4.73. The van der Waals surface area contributed by atoms with Crippen molar-refractivity contribution in [2.45, 2.75) is 34.2 Å². The number of hydrogen-bond acceptors (Lipinski definition) is 6. The third-order valence-corrected chi connectivity index (χ3v) is 6.52. The number of rotatable bonds is 6. The molecule has 0 spiro atoms. The van der Waals surface area contributed by atoms with Crippen molar-refractivity contribution in [2.75, 3.05) is 11.9 Å². The molecule has 0 radical (unpaired) electrons. The fourth-order valence-corrected chi connectivity index (χ4v) is 4.83. The molecule has 2 heterocycles.